The summed E-state index contributed by atoms with van der Waals surface area (Å²) >= 11 is 0. The molecule has 0 bridgehead atoms. The van der Waals surface area contributed by atoms with Gasteiger partial charge in [-0.25, -0.2) is 14.5 Å². The number of hydrogen-bond donors (Lipinski definition) is 2. The van der Waals surface area contributed by atoms with E-state index in [0.717, 1.165) is 35.7 Å². The monoisotopic (exact) mass is 270 g/mol. The van der Waals surface area contributed by atoms with Gasteiger partial charge in [-0.1, -0.05) is 6.92 Å². The van der Waals surface area contributed by atoms with Crippen molar-refractivity contribution in [2.24, 2.45) is 0 Å². The molecule has 2 N–H and O–H groups in total. The summed E-state index contributed by atoms with van der Waals surface area (Å²) in [6.07, 6.45) is 8.50. The fourth-order valence-electron chi connectivity index (χ4n) is 2.27. The minimum Gasteiger partial charge on any atom is -0.347 e. The predicted octanol–water partition coefficient (Wildman–Crippen LogP) is 2.00. The van der Waals surface area contributed by atoms with Gasteiger partial charge in [0.05, 0.1) is 11.7 Å². The van der Waals surface area contributed by atoms with Crippen molar-refractivity contribution in [1.82, 2.24) is 29.9 Å². The highest BCUT2D eigenvalue weighted by atomic mass is 15.2. The van der Waals surface area contributed by atoms with Crippen LogP contribution in [0.2, 0.25) is 0 Å². The van der Waals surface area contributed by atoms with Crippen molar-refractivity contribution < 1.29 is 0 Å². The van der Waals surface area contributed by atoms with Gasteiger partial charge in [0, 0.05) is 43.0 Å². The number of nitrogens with one attached hydrogen (secondary N) is 2. The second-order valence-corrected chi connectivity index (χ2v) is 4.87. The number of aryl methyl sites for hydroxylation is 1. The van der Waals surface area contributed by atoms with E-state index < -0.39 is 0 Å². The Morgan fingerprint density at radius 1 is 1.40 bits per heavy atom. The summed E-state index contributed by atoms with van der Waals surface area (Å²) in [6.45, 7) is 4.84. The number of aromatic amines is 1. The van der Waals surface area contributed by atoms with Crippen LogP contribution in [-0.4, -0.2) is 24.6 Å². The van der Waals surface area contributed by atoms with E-state index in [0.29, 0.717) is 0 Å². The van der Waals surface area contributed by atoms with Crippen molar-refractivity contribution in [3.63, 3.8) is 0 Å². The number of imidazole rings is 1. The van der Waals surface area contributed by atoms with Crippen molar-refractivity contribution in [2.45, 2.75) is 32.9 Å². The van der Waals surface area contributed by atoms with Gasteiger partial charge in [-0.2, -0.15) is 5.10 Å². The molecule has 0 saturated heterocycles. The predicted molar refractivity (Wildman–Crippen MR) is 76.2 cm³/mol. The lowest BCUT2D eigenvalue weighted by Crippen LogP contribution is -2.21. The lowest BCUT2D eigenvalue weighted by molar-refractivity contribution is 0.496. The normalized spacial score (nSPS) is 12.9. The van der Waals surface area contributed by atoms with E-state index in [1.54, 1.807) is 6.20 Å². The van der Waals surface area contributed by atoms with E-state index >= 15 is 0 Å². The summed E-state index contributed by atoms with van der Waals surface area (Å²) in [4.78, 5) is 11.9. The zero-order valence-corrected chi connectivity index (χ0v) is 11.7. The number of hydrogen-bond acceptors (Lipinski definition) is 4. The first-order chi connectivity index (χ1) is 9.76. The molecule has 0 radical (unpaired) electrons. The van der Waals surface area contributed by atoms with Crippen LogP contribution in [-0.2, 0) is 6.54 Å². The molecular weight excluding hydrogens is 252 g/mol. The first kappa shape index (κ1) is 12.8. The fourth-order valence-corrected chi connectivity index (χ4v) is 2.27. The molecule has 3 heterocycles. The van der Waals surface area contributed by atoms with Crippen molar-refractivity contribution in [3.05, 3.63) is 47.9 Å². The third-order valence-electron chi connectivity index (χ3n) is 3.30. The van der Waals surface area contributed by atoms with Crippen molar-refractivity contribution in [1.29, 1.82) is 0 Å². The Kier molecular flexibility index (Phi) is 3.47. The Bertz CT molecular complexity index is 685. The lowest BCUT2D eigenvalue weighted by atomic mass is 10.2. The van der Waals surface area contributed by atoms with Crippen LogP contribution in [0.5, 0.6) is 0 Å². The maximum absolute atomic E-state index is 4.41. The van der Waals surface area contributed by atoms with Crippen LogP contribution in [0, 0.1) is 6.92 Å². The minimum absolute atomic E-state index is 0.222. The van der Waals surface area contributed by atoms with Crippen molar-refractivity contribution in [3.8, 4) is 0 Å². The Hall–Kier alpha value is -2.21. The maximum atomic E-state index is 4.41. The number of H-pyrrole nitrogens is 1. The Balaban J connectivity index is 1.72. The van der Waals surface area contributed by atoms with Gasteiger partial charge in [0.25, 0.3) is 0 Å². The SMILES string of the molecule is CCC(NCc1cnc2cc(C)nn2c1)c1ncc[nH]1. The summed E-state index contributed by atoms with van der Waals surface area (Å²) in [7, 11) is 0. The Morgan fingerprint density at radius 3 is 3.05 bits per heavy atom. The highest BCUT2D eigenvalue weighted by molar-refractivity contribution is 5.38. The molecule has 6 nitrogen and oxygen atoms in total. The quantitative estimate of drug-likeness (QED) is 0.744. The van der Waals surface area contributed by atoms with Gasteiger partial charge >= 0.3 is 0 Å². The molecule has 0 amide bonds. The third kappa shape index (κ3) is 2.55. The number of aromatic nitrogens is 5. The van der Waals surface area contributed by atoms with Crippen LogP contribution >= 0.6 is 0 Å². The summed E-state index contributed by atoms with van der Waals surface area (Å²) in [6, 6.07) is 2.19. The van der Waals surface area contributed by atoms with Crippen molar-refractivity contribution in [2.75, 3.05) is 0 Å². The number of rotatable bonds is 5. The molecule has 0 saturated carbocycles. The standard InChI is InChI=1S/C14H18N6/c1-3-12(14-15-4-5-16-14)17-7-11-8-18-13-6-10(2)19-20(13)9-11/h4-6,8-9,12,17H,3,7H2,1-2H3,(H,15,16). The van der Waals surface area contributed by atoms with Gasteiger partial charge in [0.15, 0.2) is 5.65 Å². The van der Waals surface area contributed by atoms with Gasteiger partial charge in [-0.3, -0.25) is 0 Å². The molecule has 104 valence electrons. The van der Waals surface area contributed by atoms with E-state index in [1.807, 2.05) is 36.1 Å². The first-order valence-corrected chi connectivity index (χ1v) is 6.80. The molecule has 0 aliphatic rings. The molecule has 0 fully saturated rings. The van der Waals surface area contributed by atoms with Crippen LogP contribution in [0.3, 0.4) is 0 Å². The molecule has 20 heavy (non-hydrogen) atoms. The maximum Gasteiger partial charge on any atom is 0.155 e. The van der Waals surface area contributed by atoms with Crippen LogP contribution < -0.4 is 5.32 Å². The van der Waals surface area contributed by atoms with Gasteiger partial charge in [-0.05, 0) is 13.3 Å². The highest BCUT2D eigenvalue weighted by Gasteiger charge is 2.11. The van der Waals surface area contributed by atoms with E-state index in [2.05, 4.69) is 32.3 Å². The molecule has 0 aliphatic heterocycles. The second-order valence-electron chi connectivity index (χ2n) is 4.87. The van der Waals surface area contributed by atoms with Crippen molar-refractivity contribution >= 4 is 5.65 Å². The zero-order valence-electron chi connectivity index (χ0n) is 11.7. The summed E-state index contributed by atoms with van der Waals surface area (Å²) in [5, 5.41) is 7.86. The molecule has 0 aliphatic carbocycles. The summed E-state index contributed by atoms with van der Waals surface area (Å²) < 4.78 is 1.82. The van der Waals surface area contributed by atoms with Gasteiger partial charge in [0.2, 0.25) is 0 Å². The average Bonchev–Trinajstić information content (AvgIpc) is 3.07. The average molecular weight is 270 g/mol. The van der Waals surface area contributed by atoms with E-state index in [4.69, 9.17) is 0 Å². The summed E-state index contributed by atoms with van der Waals surface area (Å²) in [5.41, 5.74) is 2.96. The van der Waals surface area contributed by atoms with Crippen LogP contribution in [0.25, 0.3) is 5.65 Å². The largest absolute Gasteiger partial charge is 0.347 e. The molecular formula is C14H18N6. The zero-order chi connectivity index (χ0) is 13.9. The van der Waals surface area contributed by atoms with Crippen LogP contribution in [0.15, 0.2) is 30.9 Å². The van der Waals surface area contributed by atoms with Gasteiger partial charge in [-0.15, -0.1) is 0 Å². The van der Waals surface area contributed by atoms with Crippen LogP contribution in [0.1, 0.15) is 36.5 Å². The molecule has 3 rings (SSSR count). The Morgan fingerprint density at radius 2 is 2.30 bits per heavy atom. The third-order valence-corrected chi connectivity index (χ3v) is 3.30. The van der Waals surface area contributed by atoms with E-state index in [-0.39, 0.29) is 6.04 Å². The Labute approximate surface area is 117 Å². The second kappa shape index (κ2) is 5.42. The highest BCUT2D eigenvalue weighted by Crippen LogP contribution is 2.12. The molecule has 0 aromatic carbocycles. The molecule has 0 spiro atoms. The fraction of sp³-hybridized carbons (Fsp3) is 0.357. The molecule has 1 unspecified atom stereocenters. The lowest BCUT2D eigenvalue weighted by Gasteiger charge is -2.14. The number of fused-ring (bicyclic) bond motifs is 1. The van der Waals surface area contributed by atoms with E-state index in [9.17, 15) is 0 Å². The smallest absolute Gasteiger partial charge is 0.155 e. The topological polar surface area (TPSA) is 70.9 Å². The molecule has 3 aromatic heterocycles. The molecule has 3 aromatic rings. The van der Waals surface area contributed by atoms with E-state index in [1.165, 1.54) is 0 Å². The first-order valence-electron chi connectivity index (χ1n) is 6.80. The summed E-state index contributed by atoms with van der Waals surface area (Å²) in [5.74, 6) is 0.969. The van der Waals surface area contributed by atoms with Crippen LogP contribution in [0.4, 0.5) is 0 Å². The minimum atomic E-state index is 0.222. The van der Waals surface area contributed by atoms with Gasteiger partial charge in [0.1, 0.15) is 5.82 Å². The molecule has 6 heteroatoms. The molecule has 1 atom stereocenters. The number of nitrogens with zero attached hydrogens (tertiary/aromatic N) is 4. The van der Waals surface area contributed by atoms with Gasteiger partial charge < -0.3 is 10.3 Å².